The van der Waals surface area contributed by atoms with Crippen LogP contribution in [-0.2, 0) is 0 Å². The average molecular weight is 299 g/mol. The molecule has 0 unspecified atom stereocenters. The molecule has 1 aromatic carbocycles. The molecule has 0 spiro atoms. The van der Waals surface area contributed by atoms with Gasteiger partial charge in [-0.05, 0) is 33.3 Å². The molecule has 0 aliphatic carbocycles. The maximum atomic E-state index is 11.9. The van der Waals surface area contributed by atoms with E-state index in [0.717, 1.165) is 23.1 Å². The van der Waals surface area contributed by atoms with Crippen LogP contribution in [0.1, 0.15) is 10.4 Å². The number of Topliss-reactive ketones (excluding diaryl/α,β-unsaturated/α-hetero) is 1. The molecule has 0 atom stereocenters. The van der Waals surface area contributed by atoms with Crippen molar-refractivity contribution in [3.63, 3.8) is 0 Å². The van der Waals surface area contributed by atoms with Gasteiger partial charge in [-0.25, -0.2) is 0 Å². The van der Waals surface area contributed by atoms with E-state index in [1.165, 1.54) is 0 Å². The van der Waals surface area contributed by atoms with Crippen LogP contribution in [-0.4, -0.2) is 56.4 Å². The van der Waals surface area contributed by atoms with Gasteiger partial charge in [0.15, 0.2) is 5.78 Å². The van der Waals surface area contributed by atoms with E-state index < -0.39 is 0 Å². The molecule has 0 bridgehead atoms. The van der Waals surface area contributed by atoms with E-state index in [1.54, 1.807) is 0 Å². The number of hydrogen-bond donors (Lipinski definition) is 0. The number of ketones is 1. The molecule has 1 rings (SSSR count). The van der Waals surface area contributed by atoms with Crippen molar-refractivity contribution in [2.75, 3.05) is 40.8 Å². The van der Waals surface area contributed by atoms with Crippen molar-refractivity contribution in [2.45, 2.75) is 0 Å². The highest BCUT2D eigenvalue weighted by Gasteiger charge is 2.09. The third-order valence-corrected chi connectivity index (χ3v) is 3.04. The first kappa shape index (κ1) is 14.4. The highest BCUT2D eigenvalue weighted by atomic mass is 79.9. The van der Waals surface area contributed by atoms with Crippen molar-refractivity contribution in [3.8, 4) is 0 Å². The van der Waals surface area contributed by atoms with Gasteiger partial charge in [0.05, 0.1) is 6.54 Å². The molecule has 1 aromatic rings. The number of hydrogen-bond acceptors (Lipinski definition) is 3. The summed E-state index contributed by atoms with van der Waals surface area (Å²) in [4.78, 5) is 16.1. The first-order valence-electron chi connectivity index (χ1n) is 5.61. The summed E-state index contributed by atoms with van der Waals surface area (Å²) >= 11 is 3.36. The maximum absolute atomic E-state index is 11.9. The molecule has 0 aliphatic heterocycles. The normalized spacial score (nSPS) is 11.2. The van der Waals surface area contributed by atoms with Crippen LogP contribution in [0, 0.1) is 0 Å². The Hall–Kier alpha value is -0.710. The Bertz CT molecular complexity index is 362. The highest BCUT2D eigenvalue weighted by Crippen LogP contribution is 2.11. The van der Waals surface area contributed by atoms with Gasteiger partial charge in [0.25, 0.3) is 0 Å². The van der Waals surface area contributed by atoms with Crippen LogP contribution in [0.2, 0.25) is 0 Å². The van der Waals surface area contributed by atoms with Gasteiger partial charge in [-0.2, -0.15) is 0 Å². The first-order chi connectivity index (χ1) is 7.99. The zero-order valence-corrected chi connectivity index (χ0v) is 12.2. The Balaban J connectivity index is 2.46. The molecule has 4 heteroatoms. The van der Waals surface area contributed by atoms with E-state index in [-0.39, 0.29) is 5.78 Å². The van der Waals surface area contributed by atoms with E-state index in [1.807, 2.05) is 50.3 Å². The molecule has 0 radical (unpaired) electrons. The van der Waals surface area contributed by atoms with Gasteiger partial charge < -0.3 is 4.90 Å². The van der Waals surface area contributed by atoms with Crippen LogP contribution >= 0.6 is 15.9 Å². The molecule has 17 heavy (non-hydrogen) atoms. The van der Waals surface area contributed by atoms with Gasteiger partial charge in [-0.3, -0.25) is 9.69 Å². The molecule has 0 aliphatic rings. The molecular formula is C13H19BrN2O. The lowest BCUT2D eigenvalue weighted by atomic mass is 10.1. The highest BCUT2D eigenvalue weighted by molar-refractivity contribution is 9.10. The fraction of sp³-hybridized carbons (Fsp3) is 0.462. The van der Waals surface area contributed by atoms with E-state index >= 15 is 0 Å². The largest absolute Gasteiger partial charge is 0.308 e. The summed E-state index contributed by atoms with van der Waals surface area (Å²) in [6.45, 7) is 2.33. The minimum absolute atomic E-state index is 0.166. The van der Waals surface area contributed by atoms with Gasteiger partial charge >= 0.3 is 0 Å². The topological polar surface area (TPSA) is 23.6 Å². The number of carbonyl (C=O) groups excluding carboxylic acids is 1. The summed E-state index contributed by atoms with van der Waals surface area (Å²) in [5.74, 6) is 0.166. The Morgan fingerprint density at radius 3 is 2.24 bits per heavy atom. The Kier molecular flexibility index (Phi) is 5.82. The first-order valence-corrected chi connectivity index (χ1v) is 6.40. The monoisotopic (exact) mass is 298 g/mol. The van der Waals surface area contributed by atoms with Gasteiger partial charge in [-0.1, -0.05) is 28.1 Å². The van der Waals surface area contributed by atoms with Crippen molar-refractivity contribution < 1.29 is 4.79 Å². The summed E-state index contributed by atoms with van der Waals surface area (Å²) in [6.07, 6.45) is 0. The molecule has 0 N–H and O–H groups in total. The van der Waals surface area contributed by atoms with Gasteiger partial charge in [0.1, 0.15) is 0 Å². The van der Waals surface area contributed by atoms with Crippen molar-refractivity contribution >= 4 is 21.7 Å². The van der Waals surface area contributed by atoms with Gasteiger partial charge in [-0.15, -0.1) is 0 Å². The summed E-state index contributed by atoms with van der Waals surface area (Å²) in [7, 11) is 6.04. The Morgan fingerprint density at radius 2 is 1.71 bits per heavy atom. The molecule has 0 saturated carbocycles. The maximum Gasteiger partial charge on any atom is 0.176 e. The minimum atomic E-state index is 0.166. The predicted molar refractivity (Wildman–Crippen MR) is 74.5 cm³/mol. The minimum Gasteiger partial charge on any atom is -0.308 e. The van der Waals surface area contributed by atoms with E-state index in [2.05, 4.69) is 20.8 Å². The van der Waals surface area contributed by atoms with Crippen LogP contribution in [0.15, 0.2) is 28.7 Å². The zero-order valence-electron chi connectivity index (χ0n) is 10.6. The second-order valence-electron chi connectivity index (χ2n) is 4.47. The molecule has 0 saturated heterocycles. The summed E-state index contributed by atoms with van der Waals surface area (Å²) in [6, 6.07) is 7.50. The van der Waals surface area contributed by atoms with Crippen LogP contribution < -0.4 is 0 Å². The summed E-state index contributed by atoms with van der Waals surface area (Å²) < 4.78 is 0.995. The van der Waals surface area contributed by atoms with Crippen LogP contribution in [0.4, 0.5) is 0 Å². The van der Waals surface area contributed by atoms with Crippen molar-refractivity contribution in [3.05, 3.63) is 34.3 Å². The smallest absolute Gasteiger partial charge is 0.176 e. The Labute approximate surface area is 112 Å². The number of likely N-dealkylation sites (N-methyl/N-ethyl adjacent to an activating group) is 2. The molecule has 0 heterocycles. The second kappa shape index (κ2) is 6.89. The number of halogens is 1. The lowest BCUT2D eigenvalue weighted by Crippen LogP contribution is -2.32. The van der Waals surface area contributed by atoms with Crippen LogP contribution in [0.25, 0.3) is 0 Å². The molecule has 0 aromatic heterocycles. The van der Waals surface area contributed by atoms with Gasteiger partial charge in [0, 0.05) is 23.1 Å². The zero-order chi connectivity index (χ0) is 12.8. The fourth-order valence-electron chi connectivity index (χ4n) is 1.42. The third kappa shape index (κ3) is 5.44. The number of rotatable bonds is 6. The molecule has 0 fully saturated rings. The van der Waals surface area contributed by atoms with Crippen molar-refractivity contribution in [2.24, 2.45) is 0 Å². The van der Waals surface area contributed by atoms with E-state index in [9.17, 15) is 4.79 Å². The molecule has 0 amide bonds. The lowest BCUT2D eigenvalue weighted by Gasteiger charge is -2.18. The summed E-state index contributed by atoms with van der Waals surface area (Å²) in [5.41, 5.74) is 0.768. The van der Waals surface area contributed by atoms with Crippen LogP contribution in [0.3, 0.4) is 0 Å². The van der Waals surface area contributed by atoms with Crippen molar-refractivity contribution in [1.29, 1.82) is 0 Å². The number of benzene rings is 1. The van der Waals surface area contributed by atoms with E-state index in [0.29, 0.717) is 6.54 Å². The second-order valence-corrected chi connectivity index (χ2v) is 5.39. The number of carbonyl (C=O) groups is 1. The predicted octanol–water partition coefficient (Wildman–Crippen LogP) is 2.13. The Morgan fingerprint density at radius 1 is 1.12 bits per heavy atom. The molecule has 3 nitrogen and oxygen atoms in total. The quantitative estimate of drug-likeness (QED) is 0.752. The SMILES string of the molecule is CN(C)CCN(C)CC(=O)c1ccc(Br)cc1. The van der Waals surface area contributed by atoms with E-state index in [4.69, 9.17) is 0 Å². The number of nitrogens with zero attached hydrogens (tertiary/aromatic N) is 2. The third-order valence-electron chi connectivity index (χ3n) is 2.51. The van der Waals surface area contributed by atoms with Crippen LogP contribution in [0.5, 0.6) is 0 Å². The molecule has 94 valence electrons. The summed E-state index contributed by atoms with van der Waals surface area (Å²) in [5, 5.41) is 0. The van der Waals surface area contributed by atoms with Gasteiger partial charge in [0.2, 0.25) is 0 Å². The fourth-order valence-corrected chi connectivity index (χ4v) is 1.69. The lowest BCUT2D eigenvalue weighted by molar-refractivity contribution is 0.0942. The van der Waals surface area contributed by atoms with Crippen molar-refractivity contribution in [1.82, 2.24) is 9.80 Å². The average Bonchev–Trinajstić information content (AvgIpc) is 2.27. The molecular weight excluding hydrogens is 280 g/mol. The standard InChI is InChI=1S/C13H19BrN2O/c1-15(2)8-9-16(3)10-13(17)11-4-6-12(14)7-5-11/h4-7H,8-10H2,1-3H3.